The first-order valence-electron chi connectivity index (χ1n) is 7.09. The molecule has 0 unspecified atom stereocenters. The van der Waals surface area contributed by atoms with Crippen molar-refractivity contribution in [2.75, 3.05) is 6.54 Å². The van der Waals surface area contributed by atoms with E-state index >= 15 is 0 Å². The number of aromatic nitrogens is 2. The van der Waals surface area contributed by atoms with Crippen LogP contribution in [-0.4, -0.2) is 24.4 Å². The number of imidazole rings is 1. The molecule has 0 bridgehead atoms. The Balaban J connectivity index is 2.41. The van der Waals surface area contributed by atoms with Gasteiger partial charge in [0.05, 0.1) is 11.8 Å². The summed E-state index contributed by atoms with van der Waals surface area (Å²) in [5.74, 6) is 0.893. The van der Waals surface area contributed by atoms with Crippen molar-refractivity contribution in [1.82, 2.24) is 9.55 Å². The minimum absolute atomic E-state index is 0.176. The highest BCUT2D eigenvalue weighted by Gasteiger charge is 2.39. The zero-order valence-corrected chi connectivity index (χ0v) is 14.1. The molecule has 110 valence electrons. The zero-order chi connectivity index (χ0) is 15.0. The molecule has 0 saturated carbocycles. The lowest BCUT2D eigenvalue weighted by Gasteiger charge is -2.36. The lowest BCUT2D eigenvalue weighted by atomic mass is 10.2. The molecule has 0 fully saturated rings. The van der Waals surface area contributed by atoms with Crippen molar-refractivity contribution in [2.45, 2.75) is 45.4 Å². The Kier molecular flexibility index (Phi) is 3.93. The third kappa shape index (κ3) is 2.74. The molecule has 20 heavy (non-hydrogen) atoms. The van der Waals surface area contributed by atoms with Crippen LogP contribution >= 0.6 is 0 Å². The molecule has 0 saturated heterocycles. The maximum absolute atomic E-state index is 6.40. The number of hydrogen-bond donors (Lipinski definition) is 1. The number of nitrogens with two attached hydrogens (primary N) is 1. The number of nitrogens with zero attached hydrogens (tertiary/aromatic N) is 2. The van der Waals surface area contributed by atoms with Gasteiger partial charge < -0.3 is 14.7 Å². The quantitative estimate of drug-likeness (QED) is 0.879. The van der Waals surface area contributed by atoms with E-state index in [2.05, 4.69) is 49.5 Å². The predicted octanol–water partition coefficient (Wildman–Crippen LogP) is 3.38. The summed E-state index contributed by atoms with van der Waals surface area (Å²) >= 11 is 0. The van der Waals surface area contributed by atoms with E-state index in [0.29, 0.717) is 6.54 Å². The molecule has 5 heteroatoms. The van der Waals surface area contributed by atoms with Crippen LogP contribution in [0.2, 0.25) is 18.1 Å². The van der Waals surface area contributed by atoms with Crippen molar-refractivity contribution < 1.29 is 4.43 Å². The third-order valence-electron chi connectivity index (χ3n) is 4.15. The van der Waals surface area contributed by atoms with Crippen LogP contribution in [0.4, 0.5) is 0 Å². The second-order valence-electron chi connectivity index (χ2n) is 6.71. The second kappa shape index (κ2) is 5.22. The molecule has 0 spiro atoms. The standard InChI is InChI=1S/C15H25N3OSi/c1-15(2,3)20(4,5)19-13-8-6-7-12-14(13)17-11-18(12)10-9-16/h6-8,11H,9-10,16H2,1-5H3. The van der Waals surface area contributed by atoms with Crippen LogP contribution in [0, 0.1) is 0 Å². The Morgan fingerprint density at radius 3 is 2.60 bits per heavy atom. The van der Waals surface area contributed by atoms with Gasteiger partial charge in [0, 0.05) is 13.1 Å². The molecule has 0 aliphatic heterocycles. The van der Waals surface area contributed by atoms with Crippen molar-refractivity contribution in [3.63, 3.8) is 0 Å². The first kappa shape index (κ1) is 15.1. The van der Waals surface area contributed by atoms with Gasteiger partial charge in [0.25, 0.3) is 8.32 Å². The summed E-state index contributed by atoms with van der Waals surface area (Å²) in [5, 5.41) is 0.176. The van der Waals surface area contributed by atoms with Gasteiger partial charge in [-0.05, 0) is 30.3 Å². The zero-order valence-electron chi connectivity index (χ0n) is 13.1. The van der Waals surface area contributed by atoms with Crippen LogP contribution < -0.4 is 10.2 Å². The van der Waals surface area contributed by atoms with E-state index in [4.69, 9.17) is 10.2 Å². The fraction of sp³-hybridized carbons (Fsp3) is 0.533. The largest absolute Gasteiger partial charge is 0.542 e. The number of rotatable bonds is 4. The van der Waals surface area contributed by atoms with Crippen LogP contribution in [0.5, 0.6) is 5.75 Å². The third-order valence-corrected chi connectivity index (χ3v) is 8.50. The molecule has 0 radical (unpaired) electrons. The molecular weight excluding hydrogens is 266 g/mol. The maximum atomic E-state index is 6.40. The van der Waals surface area contributed by atoms with Crippen LogP contribution in [-0.2, 0) is 6.54 Å². The van der Waals surface area contributed by atoms with Crippen LogP contribution in [0.15, 0.2) is 24.5 Å². The van der Waals surface area contributed by atoms with Gasteiger partial charge in [-0.3, -0.25) is 0 Å². The van der Waals surface area contributed by atoms with E-state index < -0.39 is 8.32 Å². The average molecular weight is 291 g/mol. The second-order valence-corrected chi connectivity index (χ2v) is 11.4. The normalized spacial score (nSPS) is 12.9. The molecule has 2 N–H and O–H groups in total. The first-order valence-corrected chi connectivity index (χ1v) is 10.00. The van der Waals surface area contributed by atoms with Crippen molar-refractivity contribution >= 4 is 19.4 Å². The SMILES string of the molecule is CC(C)(C)[Si](C)(C)Oc1cccc2c1ncn2CCN. The van der Waals surface area contributed by atoms with E-state index in [1.807, 2.05) is 18.5 Å². The van der Waals surface area contributed by atoms with E-state index in [9.17, 15) is 0 Å². The molecule has 2 aromatic rings. The maximum Gasteiger partial charge on any atom is 0.250 e. The molecule has 2 rings (SSSR count). The Bertz CT molecular complexity index is 599. The molecule has 1 aromatic carbocycles. The lowest BCUT2D eigenvalue weighted by molar-refractivity contribution is 0.496. The first-order chi connectivity index (χ1) is 9.26. The Hall–Kier alpha value is -1.33. The summed E-state index contributed by atoms with van der Waals surface area (Å²) in [6.07, 6.45) is 1.84. The molecule has 0 amide bonds. The molecule has 4 nitrogen and oxygen atoms in total. The summed E-state index contributed by atoms with van der Waals surface area (Å²) in [6, 6.07) is 6.11. The molecular formula is C15H25N3OSi. The highest BCUT2D eigenvalue weighted by molar-refractivity contribution is 6.74. The molecule has 0 aliphatic rings. The minimum Gasteiger partial charge on any atom is -0.542 e. The summed E-state index contributed by atoms with van der Waals surface area (Å²) < 4.78 is 8.48. The van der Waals surface area contributed by atoms with E-state index in [1.54, 1.807) is 0 Å². The van der Waals surface area contributed by atoms with Gasteiger partial charge in [0.15, 0.2) is 0 Å². The number of benzene rings is 1. The Morgan fingerprint density at radius 1 is 1.30 bits per heavy atom. The van der Waals surface area contributed by atoms with Crippen LogP contribution in [0.1, 0.15) is 20.8 Å². The van der Waals surface area contributed by atoms with E-state index in [-0.39, 0.29) is 5.04 Å². The van der Waals surface area contributed by atoms with E-state index in [0.717, 1.165) is 23.3 Å². The lowest BCUT2D eigenvalue weighted by Crippen LogP contribution is -2.43. The number of para-hydroxylation sites is 1. The van der Waals surface area contributed by atoms with Crippen LogP contribution in [0.3, 0.4) is 0 Å². The van der Waals surface area contributed by atoms with Gasteiger partial charge in [-0.1, -0.05) is 26.8 Å². The van der Waals surface area contributed by atoms with Gasteiger partial charge in [-0.2, -0.15) is 0 Å². The highest BCUT2D eigenvalue weighted by Crippen LogP contribution is 2.38. The fourth-order valence-corrected chi connectivity index (χ4v) is 2.91. The van der Waals surface area contributed by atoms with Crippen molar-refractivity contribution in [3.8, 4) is 5.75 Å². The average Bonchev–Trinajstić information content (AvgIpc) is 2.72. The van der Waals surface area contributed by atoms with E-state index in [1.165, 1.54) is 0 Å². The van der Waals surface area contributed by atoms with Crippen molar-refractivity contribution in [3.05, 3.63) is 24.5 Å². The molecule has 1 aromatic heterocycles. The highest BCUT2D eigenvalue weighted by atomic mass is 28.4. The van der Waals surface area contributed by atoms with Gasteiger partial charge >= 0.3 is 0 Å². The monoisotopic (exact) mass is 291 g/mol. The van der Waals surface area contributed by atoms with Gasteiger partial charge in [-0.25, -0.2) is 4.98 Å². The number of hydrogen-bond acceptors (Lipinski definition) is 3. The van der Waals surface area contributed by atoms with Crippen LogP contribution in [0.25, 0.3) is 11.0 Å². The molecule has 0 aliphatic carbocycles. The van der Waals surface area contributed by atoms with Crippen molar-refractivity contribution in [2.24, 2.45) is 5.73 Å². The van der Waals surface area contributed by atoms with Gasteiger partial charge in [0.1, 0.15) is 11.3 Å². The fourth-order valence-electron chi connectivity index (χ4n) is 1.89. The summed E-state index contributed by atoms with van der Waals surface area (Å²) in [4.78, 5) is 4.51. The smallest absolute Gasteiger partial charge is 0.250 e. The summed E-state index contributed by atoms with van der Waals surface area (Å²) in [7, 11) is -1.85. The van der Waals surface area contributed by atoms with Gasteiger partial charge in [0.2, 0.25) is 0 Å². The number of fused-ring (bicyclic) bond motifs is 1. The Morgan fingerprint density at radius 2 is 2.00 bits per heavy atom. The molecule has 1 heterocycles. The molecule has 0 atom stereocenters. The topological polar surface area (TPSA) is 53.1 Å². The minimum atomic E-state index is -1.85. The van der Waals surface area contributed by atoms with Crippen molar-refractivity contribution in [1.29, 1.82) is 0 Å². The van der Waals surface area contributed by atoms with Gasteiger partial charge in [-0.15, -0.1) is 0 Å². The Labute approximate surface area is 122 Å². The summed E-state index contributed by atoms with van der Waals surface area (Å²) in [5.41, 5.74) is 7.66. The predicted molar refractivity (Wildman–Crippen MR) is 86.6 cm³/mol. The summed E-state index contributed by atoms with van der Waals surface area (Å²) in [6.45, 7) is 12.6.